The first-order valence-corrected chi connectivity index (χ1v) is 11.0. The highest BCUT2D eigenvalue weighted by Crippen LogP contribution is 2.25. The Morgan fingerprint density at radius 3 is 2.76 bits per heavy atom. The summed E-state index contributed by atoms with van der Waals surface area (Å²) in [5, 5.41) is 14.1. The number of nitrogens with one attached hydrogen (secondary N) is 1. The summed E-state index contributed by atoms with van der Waals surface area (Å²) >= 11 is 0. The minimum atomic E-state index is -0.426. The molecule has 0 aliphatic carbocycles. The molecule has 3 heterocycles. The zero-order valence-corrected chi connectivity index (χ0v) is 18.1. The van der Waals surface area contributed by atoms with E-state index in [2.05, 4.69) is 16.4 Å². The Morgan fingerprint density at radius 2 is 1.97 bits per heavy atom. The van der Waals surface area contributed by atoms with Gasteiger partial charge in [-0.05, 0) is 54.4 Å². The third kappa shape index (κ3) is 4.49. The average molecular weight is 440 g/mol. The molecule has 7 nitrogen and oxygen atoms in total. The van der Waals surface area contributed by atoms with Crippen molar-refractivity contribution in [3.8, 4) is 11.3 Å². The Morgan fingerprint density at radius 1 is 1.12 bits per heavy atom. The number of fused-ring (bicyclic) bond motifs is 1. The van der Waals surface area contributed by atoms with E-state index in [1.807, 2.05) is 48.5 Å². The highest BCUT2D eigenvalue weighted by Gasteiger charge is 2.25. The summed E-state index contributed by atoms with van der Waals surface area (Å²) < 4.78 is 0. The van der Waals surface area contributed by atoms with Crippen molar-refractivity contribution in [2.45, 2.75) is 19.1 Å². The van der Waals surface area contributed by atoms with Gasteiger partial charge >= 0.3 is 0 Å². The van der Waals surface area contributed by atoms with E-state index in [-0.39, 0.29) is 5.91 Å². The summed E-state index contributed by atoms with van der Waals surface area (Å²) in [6, 6.07) is 21.2. The van der Waals surface area contributed by atoms with Crippen molar-refractivity contribution >= 4 is 28.3 Å². The lowest BCUT2D eigenvalue weighted by Crippen LogP contribution is -2.29. The number of hydrogen-bond donors (Lipinski definition) is 3. The fraction of sp³-hybridized carbons (Fsp3) is 0.192. The number of aromatic nitrogens is 2. The van der Waals surface area contributed by atoms with Gasteiger partial charge in [-0.15, -0.1) is 0 Å². The van der Waals surface area contributed by atoms with Crippen LogP contribution in [0, 0.1) is 0 Å². The highest BCUT2D eigenvalue weighted by atomic mass is 16.3. The van der Waals surface area contributed by atoms with E-state index in [1.54, 1.807) is 23.2 Å². The number of nitrogens with two attached hydrogens (primary N) is 1. The van der Waals surface area contributed by atoms with Crippen LogP contribution in [0.2, 0.25) is 0 Å². The maximum Gasteiger partial charge on any atom is 0.253 e. The van der Waals surface area contributed by atoms with E-state index >= 15 is 0 Å². The Labute approximate surface area is 191 Å². The van der Waals surface area contributed by atoms with E-state index < -0.39 is 6.10 Å². The van der Waals surface area contributed by atoms with Crippen LogP contribution in [0.1, 0.15) is 22.3 Å². The zero-order chi connectivity index (χ0) is 22.8. The van der Waals surface area contributed by atoms with Gasteiger partial charge in [-0.25, -0.2) is 4.98 Å². The molecule has 4 aromatic rings. The number of hydrogen-bond acceptors (Lipinski definition) is 6. The standard InChI is InChI=1S/C26H25N5O2/c27-22-8-10-24(18-4-6-19(7-5-18)26(33)31-13-11-21(32)16-31)30-25(22)29-15-17-3-9-23-20(14-17)2-1-12-28-23/h1-10,12,14,21,32H,11,13,15-16,27H2,(H,29,30). The molecule has 7 heteroatoms. The first-order chi connectivity index (χ1) is 16.1. The third-order valence-electron chi connectivity index (χ3n) is 5.93. The number of nitrogen functional groups attached to an aromatic ring is 1. The second-order valence-electron chi connectivity index (χ2n) is 8.29. The van der Waals surface area contributed by atoms with Crippen molar-refractivity contribution in [3.63, 3.8) is 0 Å². The lowest BCUT2D eigenvalue weighted by molar-refractivity contribution is 0.0765. The predicted octanol–water partition coefficient (Wildman–Crippen LogP) is 3.70. The van der Waals surface area contributed by atoms with Gasteiger partial charge in [-0.3, -0.25) is 9.78 Å². The molecular weight excluding hydrogens is 414 g/mol. The number of carbonyl (C=O) groups excluding carboxylic acids is 1. The molecule has 5 rings (SSSR count). The fourth-order valence-electron chi connectivity index (χ4n) is 4.09. The molecule has 0 radical (unpaired) electrons. The Bertz CT molecular complexity index is 1310. The van der Waals surface area contributed by atoms with Gasteiger partial charge in [0.1, 0.15) is 5.82 Å². The maximum absolute atomic E-state index is 12.6. The van der Waals surface area contributed by atoms with Crippen LogP contribution in [-0.4, -0.2) is 45.1 Å². The number of pyridine rings is 2. The van der Waals surface area contributed by atoms with Crippen LogP contribution in [0.15, 0.2) is 72.9 Å². The van der Waals surface area contributed by atoms with E-state index in [0.717, 1.165) is 27.7 Å². The first kappa shape index (κ1) is 20.9. The van der Waals surface area contributed by atoms with Gasteiger partial charge in [0.25, 0.3) is 5.91 Å². The van der Waals surface area contributed by atoms with Crippen LogP contribution >= 0.6 is 0 Å². The molecule has 4 N–H and O–H groups in total. The Hall–Kier alpha value is -3.97. The molecule has 1 amide bonds. The lowest BCUT2D eigenvalue weighted by Gasteiger charge is -2.16. The predicted molar refractivity (Wildman–Crippen MR) is 130 cm³/mol. The molecule has 1 aliphatic rings. The second kappa shape index (κ2) is 8.88. The molecular formula is C26H25N5O2. The van der Waals surface area contributed by atoms with Crippen molar-refractivity contribution in [1.29, 1.82) is 0 Å². The molecule has 2 aromatic heterocycles. The number of aliphatic hydroxyl groups is 1. The Kier molecular flexibility index (Phi) is 5.62. The van der Waals surface area contributed by atoms with Gasteiger partial charge in [-0.1, -0.05) is 24.3 Å². The summed E-state index contributed by atoms with van der Waals surface area (Å²) in [7, 11) is 0. The number of carbonyl (C=O) groups is 1. The van der Waals surface area contributed by atoms with E-state index in [0.29, 0.717) is 43.1 Å². The Balaban J connectivity index is 1.31. The number of anilines is 2. The SMILES string of the molecule is Nc1ccc(-c2ccc(C(=O)N3CCC(O)C3)cc2)nc1NCc1ccc2ncccc2c1. The van der Waals surface area contributed by atoms with Gasteiger partial charge in [0, 0.05) is 42.3 Å². The lowest BCUT2D eigenvalue weighted by atomic mass is 10.1. The molecule has 166 valence electrons. The van der Waals surface area contributed by atoms with E-state index in [9.17, 15) is 9.90 Å². The number of amides is 1. The summed E-state index contributed by atoms with van der Waals surface area (Å²) in [6.45, 7) is 1.56. The van der Waals surface area contributed by atoms with E-state index in [1.165, 1.54) is 0 Å². The van der Waals surface area contributed by atoms with E-state index in [4.69, 9.17) is 10.7 Å². The van der Waals surface area contributed by atoms with Crippen LogP contribution in [0.5, 0.6) is 0 Å². The normalized spacial score (nSPS) is 15.7. The second-order valence-corrected chi connectivity index (χ2v) is 8.29. The maximum atomic E-state index is 12.6. The minimum Gasteiger partial charge on any atom is -0.396 e. The van der Waals surface area contributed by atoms with Gasteiger partial charge in [-0.2, -0.15) is 0 Å². The number of β-amino-alcohol motifs (C(OH)–C–C–N with tert-alkyl or cyclic N) is 1. The van der Waals surface area contributed by atoms with Crippen LogP contribution in [-0.2, 0) is 6.54 Å². The van der Waals surface area contributed by atoms with Crippen LogP contribution in [0.4, 0.5) is 11.5 Å². The molecule has 1 atom stereocenters. The third-order valence-corrected chi connectivity index (χ3v) is 5.93. The molecule has 33 heavy (non-hydrogen) atoms. The topological polar surface area (TPSA) is 104 Å². The van der Waals surface area contributed by atoms with Gasteiger partial charge in [0.15, 0.2) is 0 Å². The van der Waals surface area contributed by atoms with Gasteiger partial charge in [0.2, 0.25) is 0 Å². The quantitative estimate of drug-likeness (QED) is 0.438. The summed E-state index contributed by atoms with van der Waals surface area (Å²) in [5.41, 5.74) is 11.1. The van der Waals surface area contributed by atoms with Crippen molar-refractivity contribution in [2.75, 3.05) is 24.1 Å². The summed E-state index contributed by atoms with van der Waals surface area (Å²) in [5.74, 6) is 0.557. The molecule has 0 saturated carbocycles. The number of benzene rings is 2. The van der Waals surface area contributed by atoms with Crippen LogP contribution in [0.3, 0.4) is 0 Å². The largest absolute Gasteiger partial charge is 0.396 e. The summed E-state index contributed by atoms with van der Waals surface area (Å²) in [4.78, 5) is 23.4. The van der Waals surface area contributed by atoms with Gasteiger partial charge < -0.3 is 21.1 Å². The van der Waals surface area contributed by atoms with Crippen LogP contribution in [0.25, 0.3) is 22.2 Å². The number of rotatable bonds is 5. The number of likely N-dealkylation sites (tertiary alicyclic amines) is 1. The molecule has 1 aliphatic heterocycles. The minimum absolute atomic E-state index is 0.0590. The zero-order valence-electron chi connectivity index (χ0n) is 18.1. The molecule has 2 aromatic carbocycles. The summed E-state index contributed by atoms with van der Waals surface area (Å²) in [6.07, 6.45) is 1.99. The number of nitrogens with zero attached hydrogens (tertiary/aromatic N) is 3. The fourth-order valence-corrected chi connectivity index (χ4v) is 4.09. The van der Waals surface area contributed by atoms with Crippen molar-refractivity contribution < 1.29 is 9.90 Å². The smallest absolute Gasteiger partial charge is 0.253 e. The monoisotopic (exact) mass is 439 g/mol. The molecule has 1 saturated heterocycles. The van der Waals surface area contributed by atoms with Crippen LogP contribution < -0.4 is 11.1 Å². The van der Waals surface area contributed by atoms with Crippen molar-refractivity contribution in [2.24, 2.45) is 0 Å². The molecule has 0 bridgehead atoms. The van der Waals surface area contributed by atoms with Gasteiger partial charge in [0.05, 0.1) is 23.0 Å². The van der Waals surface area contributed by atoms with Crippen molar-refractivity contribution in [3.05, 3.63) is 84.1 Å². The first-order valence-electron chi connectivity index (χ1n) is 11.0. The van der Waals surface area contributed by atoms with Crippen molar-refractivity contribution in [1.82, 2.24) is 14.9 Å². The number of aliphatic hydroxyl groups excluding tert-OH is 1. The molecule has 0 spiro atoms. The highest BCUT2D eigenvalue weighted by molar-refractivity contribution is 5.95. The average Bonchev–Trinajstić information content (AvgIpc) is 3.29. The molecule has 1 fully saturated rings. The molecule has 1 unspecified atom stereocenters.